The van der Waals surface area contributed by atoms with Gasteiger partial charge in [0.15, 0.2) is 0 Å². The van der Waals surface area contributed by atoms with E-state index in [4.69, 9.17) is 5.11 Å². The fourth-order valence-electron chi connectivity index (χ4n) is 0.763. The van der Waals surface area contributed by atoms with Crippen molar-refractivity contribution >= 4 is 17.8 Å². The van der Waals surface area contributed by atoms with Crippen LogP contribution >= 0.6 is 0 Å². The summed E-state index contributed by atoms with van der Waals surface area (Å²) >= 11 is 0. The van der Waals surface area contributed by atoms with Gasteiger partial charge in [-0.1, -0.05) is 19.7 Å². The molecule has 0 radical (unpaired) electrons. The van der Waals surface area contributed by atoms with Crippen LogP contribution in [0.5, 0.6) is 0 Å². The number of hydrogen-bond acceptors (Lipinski definition) is 6. The van der Waals surface area contributed by atoms with Crippen LogP contribution in [0.3, 0.4) is 0 Å². The van der Waals surface area contributed by atoms with Gasteiger partial charge in [-0.05, 0) is 13.8 Å². The SMILES string of the molecule is C=C(C)C(=O)NCC(C)O.C=COC=C.O=C1C=CC(=O)O1. The lowest BCUT2D eigenvalue weighted by molar-refractivity contribution is -0.150. The quantitative estimate of drug-likeness (QED) is 0.339. The molecule has 0 aromatic rings. The molecule has 0 bridgehead atoms. The molecular formula is C15H21NO6. The number of amides is 1. The van der Waals surface area contributed by atoms with Gasteiger partial charge >= 0.3 is 11.9 Å². The van der Waals surface area contributed by atoms with E-state index in [-0.39, 0.29) is 12.5 Å². The number of ether oxygens (including phenoxy) is 2. The molecule has 1 atom stereocenters. The lowest BCUT2D eigenvalue weighted by Gasteiger charge is -2.05. The first-order valence-electron chi connectivity index (χ1n) is 6.17. The molecular weight excluding hydrogens is 290 g/mol. The molecule has 1 heterocycles. The summed E-state index contributed by atoms with van der Waals surface area (Å²) in [7, 11) is 0. The molecule has 0 saturated heterocycles. The van der Waals surface area contributed by atoms with Crippen molar-refractivity contribution in [2.45, 2.75) is 20.0 Å². The third-order valence-corrected chi connectivity index (χ3v) is 1.69. The third-order valence-electron chi connectivity index (χ3n) is 1.69. The Hall–Kier alpha value is -2.67. The second-order valence-corrected chi connectivity index (χ2v) is 3.88. The van der Waals surface area contributed by atoms with Gasteiger partial charge < -0.3 is 19.9 Å². The van der Waals surface area contributed by atoms with Gasteiger partial charge in [0.1, 0.15) is 0 Å². The van der Waals surface area contributed by atoms with Gasteiger partial charge in [-0.15, -0.1) is 0 Å². The highest BCUT2D eigenvalue weighted by molar-refractivity contribution is 6.04. The Morgan fingerprint density at radius 2 is 1.82 bits per heavy atom. The normalized spacial score (nSPS) is 12.5. The predicted octanol–water partition coefficient (Wildman–Crippen LogP) is 0.975. The van der Waals surface area contributed by atoms with Crippen LogP contribution in [0.15, 0.2) is 50.0 Å². The van der Waals surface area contributed by atoms with E-state index >= 15 is 0 Å². The maximum atomic E-state index is 10.7. The summed E-state index contributed by atoms with van der Waals surface area (Å²) in [6, 6.07) is 0. The van der Waals surface area contributed by atoms with E-state index in [0.29, 0.717) is 5.57 Å². The first kappa shape index (κ1) is 21.6. The Balaban J connectivity index is 0. The van der Waals surface area contributed by atoms with Crippen LogP contribution < -0.4 is 5.32 Å². The van der Waals surface area contributed by atoms with Gasteiger partial charge in [0.2, 0.25) is 5.91 Å². The zero-order valence-corrected chi connectivity index (χ0v) is 12.7. The monoisotopic (exact) mass is 311 g/mol. The Morgan fingerprint density at radius 1 is 1.36 bits per heavy atom. The highest BCUT2D eigenvalue weighted by atomic mass is 16.6. The van der Waals surface area contributed by atoms with Crippen molar-refractivity contribution in [3.63, 3.8) is 0 Å². The first-order valence-corrected chi connectivity index (χ1v) is 6.17. The number of carbonyl (C=O) groups is 3. The minimum atomic E-state index is -0.579. The Bertz CT molecular complexity index is 429. The van der Waals surface area contributed by atoms with Crippen LogP contribution in [0.25, 0.3) is 0 Å². The molecule has 1 aliphatic heterocycles. The topological polar surface area (TPSA) is 102 Å². The molecule has 7 nitrogen and oxygen atoms in total. The Morgan fingerprint density at radius 3 is 2.00 bits per heavy atom. The average Bonchev–Trinajstić information content (AvgIpc) is 2.81. The van der Waals surface area contributed by atoms with Crippen LogP contribution in [0.4, 0.5) is 0 Å². The van der Waals surface area contributed by atoms with E-state index in [2.05, 4.69) is 34.5 Å². The number of nitrogens with one attached hydrogen (secondary N) is 1. The molecule has 122 valence electrons. The summed E-state index contributed by atoms with van der Waals surface area (Å²) < 4.78 is 8.33. The third kappa shape index (κ3) is 15.4. The number of carbonyl (C=O) groups excluding carboxylic acids is 3. The largest absolute Gasteiger partial charge is 0.474 e. The summed E-state index contributed by atoms with van der Waals surface area (Å²) in [4.78, 5) is 30.6. The lowest BCUT2D eigenvalue weighted by atomic mass is 10.3. The van der Waals surface area contributed by atoms with E-state index in [9.17, 15) is 14.4 Å². The van der Waals surface area contributed by atoms with Gasteiger partial charge in [0.25, 0.3) is 0 Å². The number of esters is 2. The van der Waals surface area contributed by atoms with Gasteiger partial charge in [-0.25, -0.2) is 9.59 Å². The molecule has 0 spiro atoms. The molecule has 2 N–H and O–H groups in total. The van der Waals surface area contributed by atoms with Crippen LogP contribution in [0, 0.1) is 0 Å². The molecule has 0 saturated carbocycles. The zero-order chi connectivity index (χ0) is 17.5. The van der Waals surface area contributed by atoms with Crippen LogP contribution in [0.1, 0.15) is 13.8 Å². The van der Waals surface area contributed by atoms with Crippen molar-refractivity contribution in [3.05, 3.63) is 50.0 Å². The Labute approximate surface area is 129 Å². The fraction of sp³-hybridized carbons (Fsp3) is 0.267. The summed E-state index contributed by atoms with van der Waals surface area (Å²) in [5.41, 5.74) is 0.459. The van der Waals surface area contributed by atoms with Gasteiger partial charge in [0, 0.05) is 24.3 Å². The number of hydrogen-bond donors (Lipinski definition) is 2. The second kappa shape index (κ2) is 13.3. The minimum absolute atomic E-state index is 0.207. The summed E-state index contributed by atoms with van der Waals surface area (Å²) in [6.45, 7) is 13.5. The maximum Gasteiger partial charge on any atom is 0.338 e. The van der Waals surface area contributed by atoms with Crippen LogP contribution in [-0.2, 0) is 23.9 Å². The molecule has 0 fully saturated rings. The molecule has 22 heavy (non-hydrogen) atoms. The fourth-order valence-corrected chi connectivity index (χ4v) is 0.763. The predicted molar refractivity (Wildman–Crippen MR) is 81.2 cm³/mol. The van der Waals surface area contributed by atoms with Crippen molar-refractivity contribution in [1.82, 2.24) is 5.32 Å². The molecule has 0 aromatic carbocycles. The second-order valence-electron chi connectivity index (χ2n) is 3.88. The standard InChI is InChI=1S/C7H13NO2.C4H2O3.C4H6O/c1-5(2)7(10)8-4-6(3)9;5-3-1-2-4(6)7-3;1-3-5-4-2/h6,9H,1,4H2,2-3H3,(H,8,10);1-2H;3-4H,1-2H2. The van der Waals surface area contributed by atoms with Crippen molar-refractivity contribution in [2.75, 3.05) is 6.54 Å². The molecule has 0 aliphatic carbocycles. The smallest absolute Gasteiger partial charge is 0.338 e. The number of aliphatic hydroxyl groups excluding tert-OH is 1. The summed E-state index contributed by atoms with van der Waals surface area (Å²) in [6.07, 6.45) is 4.30. The van der Waals surface area contributed by atoms with Gasteiger partial charge in [-0.2, -0.15) is 0 Å². The zero-order valence-electron chi connectivity index (χ0n) is 12.7. The number of aliphatic hydroxyl groups is 1. The van der Waals surface area contributed by atoms with E-state index in [1.165, 1.54) is 12.5 Å². The van der Waals surface area contributed by atoms with Crippen LogP contribution in [0.2, 0.25) is 0 Å². The average molecular weight is 311 g/mol. The highest BCUT2D eigenvalue weighted by Crippen LogP contribution is 1.92. The maximum absolute atomic E-state index is 10.7. The molecule has 1 rings (SSSR count). The molecule has 1 unspecified atom stereocenters. The van der Waals surface area contributed by atoms with Crippen molar-refractivity contribution < 1.29 is 29.0 Å². The van der Waals surface area contributed by atoms with Gasteiger partial charge in [-0.3, -0.25) is 4.79 Å². The molecule has 0 aromatic heterocycles. The van der Waals surface area contributed by atoms with Crippen molar-refractivity contribution in [2.24, 2.45) is 0 Å². The lowest BCUT2D eigenvalue weighted by Crippen LogP contribution is -2.30. The number of rotatable bonds is 5. The van der Waals surface area contributed by atoms with E-state index in [1.807, 2.05) is 0 Å². The van der Waals surface area contributed by atoms with E-state index < -0.39 is 18.0 Å². The highest BCUT2D eigenvalue weighted by Gasteiger charge is 2.10. The molecule has 1 aliphatic rings. The Kier molecular flexibility index (Phi) is 13.1. The number of cyclic esters (lactones) is 2. The van der Waals surface area contributed by atoms with Gasteiger partial charge in [0.05, 0.1) is 18.6 Å². The minimum Gasteiger partial charge on any atom is -0.474 e. The first-order chi connectivity index (χ1) is 10.2. The van der Waals surface area contributed by atoms with Crippen molar-refractivity contribution in [1.29, 1.82) is 0 Å². The van der Waals surface area contributed by atoms with E-state index in [0.717, 1.165) is 12.2 Å². The van der Waals surface area contributed by atoms with Crippen LogP contribution in [-0.4, -0.2) is 35.6 Å². The van der Waals surface area contributed by atoms with E-state index in [1.54, 1.807) is 13.8 Å². The summed E-state index contributed by atoms with van der Waals surface area (Å²) in [5, 5.41) is 11.2. The summed E-state index contributed by atoms with van der Waals surface area (Å²) in [5.74, 6) is -1.36. The molecule has 7 heteroatoms. The molecule has 1 amide bonds. The van der Waals surface area contributed by atoms with Crippen molar-refractivity contribution in [3.8, 4) is 0 Å².